The van der Waals surface area contributed by atoms with E-state index in [-0.39, 0.29) is 0 Å². The van der Waals surface area contributed by atoms with Gasteiger partial charge in [-0.1, -0.05) is 54.6 Å². The van der Waals surface area contributed by atoms with Gasteiger partial charge in [0.05, 0.1) is 28.3 Å². The van der Waals surface area contributed by atoms with E-state index >= 15 is 0 Å². The summed E-state index contributed by atoms with van der Waals surface area (Å²) in [6.07, 6.45) is 5.06. The standard InChI is InChI=1S/C30H18N6/c1-2-8-19(9-3-1)35-24-12-6-4-10-20(24)22-17-27-23(16-26(22)35)21-11-5-7-13-25(21)36(27)28-18-33-29-30(34-28)32-15-14-31-29/h1-18H. The first-order valence-electron chi connectivity index (χ1n) is 11.8. The van der Waals surface area contributed by atoms with Crippen molar-refractivity contribution >= 4 is 54.9 Å². The van der Waals surface area contributed by atoms with Crippen molar-refractivity contribution < 1.29 is 0 Å². The fourth-order valence-corrected chi connectivity index (χ4v) is 5.39. The van der Waals surface area contributed by atoms with E-state index in [4.69, 9.17) is 4.98 Å². The highest BCUT2D eigenvalue weighted by Crippen LogP contribution is 2.39. The lowest BCUT2D eigenvalue weighted by Crippen LogP contribution is -2.00. The maximum atomic E-state index is 4.83. The lowest BCUT2D eigenvalue weighted by Gasteiger charge is -2.08. The third-order valence-corrected chi connectivity index (χ3v) is 6.89. The summed E-state index contributed by atoms with van der Waals surface area (Å²) in [6.45, 7) is 0. The Morgan fingerprint density at radius 2 is 1.06 bits per heavy atom. The highest BCUT2D eigenvalue weighted by Gasteiger charge is 2.19. The monoisotopic (exact) mass is 462 g/mol. The van der Waals surface area contributed by atoms with Crippen LogP contribution in [0, 0.1) is 0 Å². The molecule has 0 atom stereocenters. The number of aromatic nitrogens is 6. The second-order valence-electron chi connectivity index (χ2n) is 8.86. The van der Waals surface area contributed by atoms with Crippen molar-refractivity contribution in [3.8, 4) is 11.5 Å². The minimum Gasteiger partial charge on any atom is -0.309 e. The van der Waals surface area contributed by atoms with Crippen molar-refractivity contribution in [1.82, 2.24) is 29.1 Å². The van der Waals surface area contributed by atoms with Crippen molar-refractivity contribution in [2.24, 2.45) is 0 Å². The van der Waals surface area contributed by atoms with Crippen LogP contribution < -0.4 is 0 Å². The minimum atomic E-state index is 0.530. The van der Waals surface area contributed by atoms with Crippen LogP contribution >= 0.6 is 0 Å². The fourth-order valence-electron chi connectivity index (χ4n) is 5.39. The molecule has 0 aliphatic carbocycles. The Hall–Kier alpha value is -5.10. The first-order valence-corrected chi connectivity index (χ1v) is 11.8. The Kier molecular flexibility index (Phi) is 3.85. The minimum absolute atomic E-state index is 0.530. The van der Waals surface area contributed by atoms with Crippen LogP contribution in [0.1, 0.15) is 0 Å². The quantitative estimate of drug-likeness (QED) is 0.290. The molecule has 4 aromatic heterocycles. The predicted molar refractivity (Wildman–Crippen MR) is 144 cm³/mol. The van der Waals surface area contributed by atoms with E-state index in [1.54, 1.807) is 18.6 Å². The molecule has 168 valence electrons. The van der Waals surface area contributed by atoms with Crippen molar-refractivity contribution in [2.75, 3.05) is 0 Å². The van der Waals surface area contributed by atoms with Crippen molar-refractivity contribution in [1.29, 1.82) is 0 Å². The van der Waals surface area contributed by atoms with Crippen LogP contribution in [0.3, 0.4) is 0 Å². The van der Waals surface area contributed by atoms with Gasteiger partial charge in [-0.05, 0) is 36.4 Å². The Morgan fingerprint density at radius 3 is 1.78 bits per heavy atom. The number of hydrogen-bond acceptors (Lipinski definition) is 4. The predicted octanol–water partition coefficient (Wildman–Crippen LogP) is 6.61. The molecule has 8 rings (SSSR count). The smallest absolute Gasteiger partial charge is 0.199 e. The largest absolute Gasteiger partial charge is 0.309 e. The normalized spacial score (nSPS) is 11.9. The lowest BCUT2D eigenvalue weighted by atomic mass is 10.1. The van der Waals surface area contributed by atoms with E-state index in [0.29, 0.717) is 11.3 Å². The number of nitrogens with zero attached hydrogens (tertiary/aromatic N) is 6. The molecule has 0 bridgehead atoms. The van der Waals surface area contributed by atoms with Gasteiger partial charge in [0.1, 0.15) is 0 Å². The van der Waals surface area contributed by atoms with E-state index in [0.717, 1.165) is 22.5 Å². The van der Waals surface area contributed by atoms with Gasteiger partial charge in [0.25, 0.3) is 0 Å². The molecular formula is C30H18N6. The Bertz CT molecular complexity index is 2100. The van der Waals surface area contributed by atoms with E-state index in [2.05, 4.69) is 115 Å². The SMILES string of the molecule is c1ccc(-n2c3ccccc3c3cc4c(cc32)c2ccccc2n4-c2cnc3nccnc3n2)cc1. The molecule has 0 amide bonds. The zero-order chi connectivity index (χ0) is 23.6. The molecule has 0 N–H and O–H groups in total. The molecule has 0 unspecified atom stereocenters. The molecule has 0 spiro atoms. The molecule has 6 heteroatoms. The van der Waals surface area contributed by atoms with Gasteiger partial charge in [0.15, 0.2) is 17.1 Å². The van der Waals surface area contributed by atoms with E-state index in [1.807, 2.05) is 0 Å². The third-order valence-electron chi connectivity index (χ3n) is 6.89. The summed E-state index contributed by atoms with van der Waals surface area (Å²) in [5.74, 6) is 0.723. The number of rotatable bonds is 2. The number of benzene rings is 4. The van der Waals surface area contributed by atoms with Crippen LogP contribution in [-0.4, -0.2) is 29.1 Å². The average molecular weight is 463 g/mol. The molecule has 0 aliphatic rings. The first-order chi connectivity index (χ1) is 17.9. The lowest BCUT2D eigenvalue weighted by molar-refractivity contribution is 1.05. The zero-order valence-electron chi connectivity index (χ0n) is 19.1. The van der Waals surface area contributed by atoms with Crippen molar-refractivity contribution in [3.63, 3.8) is 0 Å². The molecule has 0 fully saturated rings. The zero-order valence-corrected chi connectivity index (χ0v) is 19.1. The summed E-state index contributed by atoms with van der Waals surface area (Å²) >= 11 is 0. The number of fused-ring (bicyclic) bond motifs is 7. The highest BCUT2D eigenvalue weighted by molar-refractivity contribution is 6.18. The van der Waals surface area contributed by atoms with Gasteiger partial charge in [-0.15, -0.1) is 0 Å². The molecule has 4 heterocycles. The summed E-state index contributed by atoms with van der Waals surface area (Å²) in [4.78, 5) is 18.1. The molecule has 36 heavy (non-hydrogen) atoms. The maximum Gasteiger partial charge on any atom is 0.199 e. The summed E-state index contributed by atoms with van der Waals surface area (Å²) < 4.78 is 4.53. The van der Waals surface area contributed by atoms with Gasteiger partial charge in [0.2, 0.25) is 0 Å². The van der Waals surface area contributed by atoms with Gasteiger partial charge in [0, 0.05) is 39.6 Å². The summed E-state index contributed by atoms with van der Waals surface area (Å²) in [5.41, 5.74) is 6.73. The van der Waals surface area contributed by atoms with Crippen LogP contribution in [0.25, 0.3) is 66.4 Å². The molecule has 0 radical (unpaired) electrons. The molecule has 0 saturated carbocycles. The third kappa shape index (κ3) is 2.61. The van der Waals surface area contributed by atoms with Crippen LogP contribution in [0.4, 0.5) is 0 Å². The van der Waals surface area contributed by atoms with E-state index < -0.39 is 0 Å². The second kappa shape index (κ2) is 7.20. The molecule has 4 aromatic carbocycles. The Morgan fingerprint density at radius 1 is 0.472 bits per heavy atom. The number of para-hydroxylation sites is 3. The Balaban J connectivity index is 1.54. The van der Waals surface area contributed by atoms with Crippen molar-refractivity contribution in [3.05, 3.63) is 110 Å². The molecule has 6 nitrogen and oxygen atoms in total. The van der Waals surface area contributed by atoms with Gasteiger partial charge >= 0.3 is 0 Å². The molecular weight excluding hydrogens is 444 g/mol. The topological polar surface area (TPSA) is 61.4 Å². The molecule has 0 aliphatic heterocycles. The van der Waals surface area contributed by atoms with Crippen LogP contribution in [0.5, 0.6) is 0 Å². The van der Waals surface area contributed by atoms with Crippen LogP contribution in [-0.2, 0) is 0 Å². The van der Waals surface area contributed by atoms with Gasteiger partial charge in [-0.2, -0.15) is 0 Å². The summed E-state index contributed by atoms with van der Waals surface area (Å²) in [5, 5.41) is 4.74. The summed E-state index contributed by atoms with van der Waals surface area (Å²) in [7, 11) is 0. The summed E-state index contributed by atoms with van der Waals surface area (Å²) in [6, 6.07) is 32.2. The van der Waals surface area contributed by atoms with Gasteiger partial charge in [-0.25, -0.2) is 19.9 Å². The van der Waals surface area contributed by atoms with Gasteiger partial charge < -0.3 is 4.57 Å². The Labute approximate surface area is 205 Å². The average Bonchev–Trinajstić information content (AvgIpc) is 3.44. The second-order valence-corrected chi connectivity index (χ2v) is 8.86. The maximum absolute atomic E-state index is 4.83. The van der Waals surface area contributed by atoms with E-state index in [1.165, 1.54) is 32.6 Å². The molecule has 0 saturated heterocycles. The van der Waals surface area contributed by atoms with Crippen LogP contribution in [0.15, 0.2) is 110 Å². The first kappa shape index (κ1) is 19.2. The van der Waals surface area contributed by atoms with Crippen molar-refractivity contribution in [2.45, 2.75) is 0 Å². The van der Waals surface area contributed by atoms with Crippen LogP contribution in [0.2, 0.25) is 0 Å². The number of hydrogen-bond donors (Lipinski definition) is 0. The van der Waals surface area contributed by atoms with Gasteiger partial charge in [-0.3, -0.25) is 4.57 Å². The molecule has 8 aromatic rings. The van der Waals surface area contributed by atoms with E-state index in [9.17, 15) is 0 Å². The fraction of sp³-hybridized carbons (Fsp3) is 0. The highest BCUT2D eigenvalue weighted by atomic mass is 15.1.